The molecule has 3 aromatic carbocycles. The third-order valence-electron chi connectivity index (χ3n) is 6.47. The Kier molecular flexibility index (Phi) is 14.4. The summed E-state index contributed by atoms with van der Waals surface area (Å²) in [6.07, 6.45) is 4.19. The van der Waals surface area contributed by atoms with Crippen LogP contribution in [0.3, 0.4) is 0 Å². The van der Waals surface area contributed by atoms with Gasteiger partial charge in [0.25, 0.3) is 0 Å². The zero-order valence-electron chi connectivity index (χ0n) is 25.4. The predicted molar refractivity (Wildman–Crippen MR) is 184 cm³/mol. The van der Waals surface area contributed by atoms with Crippen molar-refractivity contribution in [2.24, 2.45) is 21.5 Å². The molecule has 0 aliphatic carbocycles. The number of rotatable bonds is 14. The van der Waals surface area contributed by atoms with Gasteiger partial charge in [0.1, 0.15) is 34.5 Å². The number of amidine groups is 2. The Bertz CT molecular complexity index is 1460. The van der Waals surface area contributed by atoms with Crippen LogP contribution in [0.25, 0.3) is 22.3 Å². The lowest BCUT2D eigenvalue weighted by Gasteiger charge is -2.09. The molecule has 1 heterocycles. The van der Waals surface area contributed by atoms with E-state index in [1.54, 1.807) is 0 Å². The summed E-state index contributed by atoms with van der Waals surface area (Å²) < 4.78 is 17.9. The first-order valence-electron chi connectivity index (χ1n) is 14.5. The number of hydrogen-bond donors (Lipinski definition) is 2. The molecule has 4 N–H and O–H groups in total. The smallest absolute Gasteiger partial charge is 0.135 e. The zero-order valence-corrected chi connectivity index (χ0v) is 27.0. The highest BCUT2D eigenvalue weighted by Gasteiger charge is 2.09. The van der Waals surface area contributed by atoms with E-state index in [2.05, 4.69) is 9.98 Å². The van der Waals surface area contributed by atoms with E-state index in [1.165, 1.54) is 0 Å². The van der Waals surface area contributed by atoms with Crippen LogP contribution in [0.2, 0.25) is 0 Å². The van der Waals surface area contributed by atoms with E-state index >= 15 is 0 Å². The summed E-state index contributed by atoms with van der Waals surface area (Å²) in [7, 11) is 0. The Balaban J connectivity index is 0.00000323. The second-order valence-electron chi connectivity index (χ2n) is 10.7. The van der Waals surface area contributed by atoms with Gasteiger partial charge in [0.05, 0.1) is 13.2 Å². The minimum Gasteiger partial charge on any atom is -0.494 e. The molecular weight excluding hydrogens is 583 g/mol. The average molecular weight is 628 g/mol. The first kappa shape index (κ1) is 35.5. The molecule has 0 fully saturated rings. The fraction of sp³-hybridized carbons (Fsp3) is 0.353. The van der Waals surface area contributed by atoms with Crippen molar-refractivity contribution in [3.8, 4) is 22.8 Å². The van der Waals surface area contributed by atoms with E-state index in [-0.39, 0.29) is 36.9 Å². The number of nitrogens with zero attached hydrogens (tertiary/aromatic N) is 2. The number of fused-ring (bicyclic) bond motifs is 1. The van der Waals surface area contributed by atoms with E-state index in [1.807, 2.05) is 100 Å². The molecule has 0 atom stereocenters. The normalized spacial score (nSPS) is 11.9. The van der Waals surface area contributed by atoms with Crippen molar-refractivity contribution in [2.45, 2.75) is 65.5 Å². The molecule has 0 radical (unpaired) electrons. The van der Waals surface area contributed by atoms with Crippen molar-refractivity contribution in [3.05, 3.63) is 83.9 Å². The number of ether oxygens (including phenoxy) is 2. The summed E-state index contributed by atoms with van der Waals surface area (Å²) in [4.78, 5) is 8.82. The maximum Gasteiger partial charge on any atom is 0.135 e. The van der Waals surface area contributed by atoms with Gasteiger partial charge >= 0.3 is 0 Å². The number of halogens is 2. The summed E-state index contributed by atoms with van der Waals surface area (Å²) in [6, 6.07) is 24.1. The van der Waals surface area contributed by atoms with Gasteiger partial charge in [0, 0.05) is 34.2 Å². The van der Waals surface area contributed by atoms with Gasteiger partial charge in [0.15, 0.2) is 0 Å². The summed E-state index contributed by atoms with van der Waals surface area (Å²) in [6.45, 7) is 9.42. The Morgan fingerprint density at radius 3 is 1.67 bits per heavy atom. The molecule has 4 aromatic rings. The summed E-state index contributed by atoms with van der Waals surface area (Å²) in [5.74, 6) is 3.62. The highest BCUT2D eigenvalue weighted by molar-refractivity contribution is 6.01. The Morgan fingerprint density at radius 1 is 0.651 bits per heavy atom. The molecule has 0 aliphatic rings. The first-order chi connectivity index (χ1) is 19.8. The standard InChI is InChI=1S/C34H42N4O3.2ClH/c1-23(2)37-33(35)26-11-16-30(17-12-26)40-20-8-6-5-7-19-39-29-14-9-25(10-15-29)32-22-28-21-27(13-18-31(28)41-32)34(36)38-24(3)4;;/h9-18,21-24H,5-8,19-20H2,1-4H3,(H2,35,37)(H2,36,38);2*1H. The minimum atomic E-state index is 0. The number of hydrogen-bond acceptors (Lipinski definition) is 5. The molecule has 4 rings (SSSR count). The maximum absolute atomic E-state index is 6.14. The van der Waals surface area contributed by atoms with E-state index in [4.69, 9.17) is 25.4 Å². The Labute approximate surface area is 267 Å². The number of unbranched alkanes of at least 4 members (excludes halogenated alkanes) is 3. The largest absolute Gasteiger partial charge is 0.494 e. The van der Waals surface area contributed by atoms with Crippen LogP contribution in [0.5, 0.6) is 11.5 Å². The second-order valence-corrected chi connectivity index (χ2v) is 10.7. The second kappa shape index (κ2) is 17.4. The van der Waals surface area contributed by atoms with Crippen LogP contribution in [0.1, 0.15) is 64.5 Å². The quantitative estimate of drug-likeness (QED) is 0.0833. The maximum atomic E-state index is 6.14. The van der Waals surface area contributed by atoms with E-state index in [0.717, 1.165) is 70.6 Å². The molecule has 232 valence electrons. The topological polar surface area (TPSA) is 108 Å². The zero-order chi connectivity index (χ0) is 29.2. The highest BCUT2D eigenvalue weighted by Crippen LogP contribution is 2.30. The number of benzene rings is 3. The highest BCUT2D eigenvalue weighted by atomic mass is 35.5. The third-order valence-corrected chi connectivity index (χ3v) is 6.47. The number of aliphatic imine (C=N–C) groups is 2. The molecular formula is C34H44Cl2N4O3. The van der Waals surface area contributed by atoms with Crippen LogP contribution in [0.4, 0.5) is 0 Å². The minimum absolute atomic E-state index is 0. The molecule has 0 bridgehead atoms. The van der Waals surface area contributed by atoms with E-state index in [0.29, 0.717) is 24.9 Å². The van der Waals surface area contributed by atoms with Crippen molar-refractivity contribution in [3.63, 3.8) is 0 Å². The lowest BCUT2D eigenvalue weighted by molar-refractivity contribution is 0.287. The molecule has 0 aliphatic heterocycles. The average Bonchev–Trinajstić information content (AvgIpc) is 3.38. The molecule has 7 nitrogen and oxygen atoms in total. The van der Waals surface area contributed by atoms with Crippen molar-refractivity contribution in [1.82, 2.24) is 0 Å². The van der Waals surface area contributed by atoms with Crippen molar-refractivity contribution in [2.75, 3.05) is 13.2 Å². The monoisotopic (exact) mass is 626 g/mol. The van der Waals surface area contributed by atoms with Gasteiger partial charge in [-0.2, -0.15) is 0 Å². The van der Waals surface area contributed by atoms with E-state index < -0.39 is 0 Å². The molecule has 9 heteroatoms. The third kappa shape index (κ3) is 10.8. The van der Waals surface area contributed by atoms with Gasteiger partial charge in [0.2, 0.25) is 0 Å². The van der Waals surface area contributed by atoms with Crippen LogP contribution in [0.15, 0.2) is 87.2 Å². The van der Waals surface area contributed by atoms with Gasteiger partial charge in [-0.15, -0.1) is 24.8 Å². The summed E-state index contributed by atoms with van der Waals surface area (Å²) in [5, 5.41) is 1.00. The van der Waals surface area contributed by atoms with Gasteiger partial charge in [-0.3, -0.25) is 9.98 Å². The lowest BCUT2D eigenvalue weighted by Crippen LogP contribution is -2.15. The molecule has 0 unspecified atom stereocenters. The van der Waals surface area contributed by atoms with Crippen molar-refractivity contribution >= 4 is 47.5 Å². The first-order valence-corrected chi connectivity index (χ1v) is 14.5. The van der Waals surface area contributed by atoms with Gasteiger partial charge < -0.3 is 25.4 Å². The van der Waals surface area contributed by atoms with Crippen molar-refractivity contribution in [1.29, 1.82) is 0 Å². The molecule has 43 heavy (non-hydrogen) atoms. The SMILES string of the molecule is CC(C)N=C(N)c1ccc(OCCCCCCOc2ccc(-c3cc4cc(C(N)=NC(C)C)ccc4o3)cc2)cc1.Cl.Cl. The van der Waals surface area contributed by atoms with Crippen LogP contribution in [-0.4, -0.2) is 37.0 Å². The van der Waals surface area contributed by atoms with Crippen LogP contribution in [0, 0.1) is 0 Å². The predicted octanol–water partition coefficient (Wildman–Crippen LogP) is 8.19. The summed E-state index contributed by atoms with van der Waals surface area (Å²) >= 11 is 0. The van der Waals surface area contributed by atoms with Crippen LogP contribution in [-0.2, 0) is 0 Å². The van der Waals surface area contributed by atoms with Crippen molar-refractivity contribution < 1.29 is 13.9 Å². The van der Waals surface area contributed by atoms with Crippen LogP contribution < -0.4 is 20.9 Å². The lowest BCUT2D eigenvalue weighted by atomic mass is 10.1. The van der Waals surface area contributed by atoms with Crippen LogP contribution >= 0.6 is 24.8 Å². The van der Waals surface area contributed by atoms with E-state index in [9.17, 15) is 0 Å². The molecule has 0 saturated heterocycles. The van der Waals surface area contributed by atoms with Gasteiger partial charge in [-0.1, -0.05) is 0 Å². The van der Waals surface area contributed by atoms with Gasteiger partial charge in [-0.25, -0.2) is 0 Å². The fourth-order valence-corrected chi connectivity index (χ4v) is 4.43. The Morgan fingerprint density at radius 2 is 1.14 bits per heavy atom. The van der Waals surface area contributed by atoms with Gasteiger partial charge in [-0.05, 0) is 126 Å². The number of furan rings is 1. The summed E-state index contributed by atoms with van der Waals surface area (Å²) in [5.41, 5.74) is 15.8. The Hall–Kier alpha value is -3.68. The fourth-order valence-electron chi connectivity index (χ4n) is 4.43. The molecule has 0 amide bonds. The molecule has 0 spiro atoms. The number of nitrogens with two attached hydrogens (primary N) is 2. The molecule has 0 saturated carbocycles. The molecule has 1 aromatic heterocycles.